The van der Waals surface area contributed by atoms with Gasteiger partial charge in [-0.2, -0.15) is 0 Å². The van der Waals surface area contributed by atoms with Crippen molar-refractivity contribution in [1.29, 1.82) is 0 Å². The van der Waals surface area contributed by atoms with Crippen LogP contribution in [-0.2, 0) is 0 Å². The standard InChI is InChI=1S/C14H20N2O2/c1-18-13-4-2-3-9-11(8-17)10-7-15-6-5-12(10)16-14(9)13/h2-4,10-12,15-17H,5-8H2,1H3. The maximum absolute atomic E-state index is 9.74. The Labute approximate surface area is 107 Å². The minimum atomic E-state index is 0.199. The highest BCUT2D eigenvalue weighted by atomic mass is 16.5. The number of ether oxygens (including phenoxy) is 1. The second-order valence-corrected chi connectivity index (χ2v) is 5.12. The molecule has 0 bridgehead atoms. The predicted octanol–water partition coefficient (Wildman–Crippen LogP) is 1.17. The fraction of sp³-hybridized carbons (Fsp3) is 0.571. The Bertz CT molecular complexity index is 436. The molecule has 4 nitrogen and oxygen atoms in total. The van der Waals surface area contributed by atoms with E-state index in [1.165, 1.54) is 5.56 Å². The van der Waals surface area contributed by atoms with E-state index >= 15 is 0 Å². The number of piperidine rings is 1. The lowest BCUT2D eigenvalue weighted by Crippen LogP contribution is -2.49. The normalized spacial score (nSPS) is 30.0. The molecule has 1 saturated heterocycles. The molecule has 0 radical (unpaired) electrons. The SMILES string of the molecule is COc1cccc2c1NC1CCNCC1C2CO. The highest BCUT2D eigenvalue weighted by Crippen LogP contribution is 2.43. The molecular formula is C14H20N2O2. The van der Waals surface area contributed by atoms with Crippen LogP contribution < -0.4 is 15.4 Å². The van der Waals surface area contributed by atoms with Crippen LogP contribution in [0.1, 0.15) is 17.9 Å². The average molecular weight is 248 g/mol. The number of hydrogen-bond donors (Lipinski definition) is 3. The van der Waals surface area contributed by atoms with Crippen LogP contribution in [0.15, 0.2) is 18.2 Å². The molecule has 98 valence electrons. The van der Waals surface area contributed by atoms with E-state index in [1.54, 1.807) is 7.11 Å². The molecule has 3 atom stereocenters. The smallest absolute Gasteiger partial charge is 0.142 e. The van der Waals surface area contributed by atoms with Crippen molar-refractivity contribution < 1.29 is 9.84 Å². The Morgan fingerprint density at radius 1 is 1.44 bits per heavy atom. The average Bonchev–Trinajstić information content (AvgIpc) is 2.44. The van der Waals surface area contributed by atoms with E-state index in [9.17, 15) is 5.11 Å². The molecule has 3 N–H and O–H groups in total. The second-order valence-electron chi connectivity index (χ2n) is 5.12. The Morgan fingerprint density at radius 3 is 3.11 bits per heavy atom. The molecule has 1 aromatic rings. The minimum Gasteiger partial charge on any atom is -0.495 e. The summed E-state index contributed by atoms with van der Waals surface area (Å²) in [4.78, 5) is 0. The summed E-state index contributed by atoms with van der Waals surface area (Å²) in [6.07, 6.45) is 1.10. The van der Waals surface area contributed by atoms with E-state index in [4.69, 9.17) is 4.74 Å². The number of anilines is 1. The molecule has 3 unspecified atom stereocenters. The van der Waals surface area contributed by atoms with Crippen LogP contribution in [0.4, 0.5) is 5.69 Å². The van der Waals surface area contributed by atoms with Crippen LogP contribution in [0.3, 0.4) is 0 Å². The number of methoxy groups -OCH3 is 1. The summed E-state index contributed by atoms with van der Waals surface area (Å²) in [7, 11) is 1.69. The van der Waals surface area contributed by atoms with Gasteiger partial charge >= 0.3 is 0 Å². The molecule has 0 spiro atoms. The van der Waals surface area contributed by atoms with E-state index in [-0.39, 0.29) is 12.5 Å². The van der Waals surface area contributed by atoms with Gasteiger partial charge in [-0.3, -0.25) is 0 Å². The Balaban J connectivity index is 2.04. The zero-order valence-electron chi connectivity index (χ0n) is 10.6. The number of rotatable bonds is 2. The summed E-state index contributed by atoms with van der Waals surface area (Å²) in [5, 5.41) is 16.8. The Hall–Kier alpha value is -1.26. The third-order valence-electron chi connectivity index (χ3n) is 4.25. The number of nitrogens with one attached hydrogen (secondary N) is 2. The van der Waals surface area contributed by atoms with E-state index < -0.39 is 0 Å². The zero-order valence-corrected chi connectivity index (χ0v) is 10.6. The van der Waals surface area contributed by atoms with Gasteiger partial charge < -0.3 is 20.5 Å². The van der Waals surface area contributed by atoms with Crippen molar-refractivity contribution in [3.8, 4) is 5.75 Å². The quantitative estimate of drug-likeness (QED) is 0.735. The van der Waals surface area contributed by atoms with Crippen molar-refractivity contribution in [1.82, 2.24) is 5.32 Å². The van der Waals surface area contributed by atoms with Crippen LogP contribution in [0, 0.1) is 5.92 Å². The summed E-state index contributed by atoms with van der Waals surface area (Å²) in [6.45, 7) is 2.21. The molecule has 0 amide bonds. The van der Waals surface area contributed by atoms with Gasteiger partial charge in [0.05, 0.1) is 19.4 Å². The van der Waals surface area contributed by atoms with Gasteiger partial charge in [-0.25, -0.2) is 0 Å². The van der Waals surface area contributed by atoms with E-state index in [0.717, 1.165) is 30.9 Å². The van der Waals surface area contributed by atoms with Gasteiger partial charge in [0.25, 0.3) is 0 Å². The number of aliphatic hydroxyl groups excluding tert-OH is 1. The monoisotopic (exact) mass is 248 g/mol. The van der Waals surface area contributed by atoms with E-state index in [0.29, 0.717) is 12.0 Å². The number of fused-ring (bicyclic) bond motifs is 2. The fourth-order valence-corrected chi connectivity index (χ4v) is 3.32. The molecular weight excluding hydrogens is 228 g/mol. The molecule has 2 aliphatic rings. The number of para-hydroxylation sites is 1. The van der Waals surface area contributed by atoms with Gasteiger partial charge in [0.1, 0.15) is 5.75 Å². The molecule has 1 fully saturated rings. The van der Waals surface area contributed by atoms with E-state index in [2.05, 4.69) is 16.7 Å². The zero-order chi connectivity index (χ0) is 12.5. The third kappa shape index (κ3) is 1.76. The van der Waals surface area contributed by atoms with Crippen molar-refractivity contribution in [2.24, 2.45) is 5.92 Å². The second kappa shape index (κ2) is 4.78. The van der Waals surface area contributed by atoms with Gasteiger partial charge in [-0.15, -0.1) is 0 Å². The summed E-state index contributed by atoms with van der Waals surface area (Å²) in [5.41, 5.74) is 2.25. The third-order valence-corrected chi connectivity index (χ3v) is 4.25. The van der Waals surface area contributed by atoms with Crippen LogP contribution in [0.2, 0.25) is 0 Å². The molecule has 0 aromatic heterocycles. The topological polar surface area (TPSA) is 53.5 Å². The first-order chi connectivity index (χ1) is 8.85. The van der Waals surface area contributed by atoms with Crippen LogP contribution in [-0.4, -0.2) is 38.0 Å². The fourth-order valence-electron chi connectivity index (χ4n) is 3.32. The van der Waals surface area contributed by atoms with Crippen LogP contribution >= 0.6 is 0 Å². The number of benzene rings is 1. The summed E-state index contributed by atoms with van der Waals surface area (Å²) in [6, 6.07) is 6.50. The van der Waals surface area contributed by atoms with Crippen molar-refractivity contribution in [2.45, 2.75) is 18.4 Å². The Morgan fingerprint density at radius 2 is 2.33 bits per heavy atom. The van der Waals surface area contributed by atoms with Gasteiger partial charge in [0, 0.05) is 24.4 Å². The van der Waals surface area contributed by atoms with Crippen LogP contribution in [0.5, 0.6) is 5.75 Å². The van der Waals surface area contributed by atoms with Gasteiger partial charge in [-0.1, -0.05) is 12.1 Å². The summed E-state index contributed by atoms with van der Waals surface area (Å²) < 4.78 is 5.43. The van der Waals surface area contributed by atoms with E-state index in [1.807, 2.05) is 12.1 Å². The van der Waals surface area contributed by atoms with Crippen molar-refractivity contribution >= 4 is 5.69 Å². The van der Waals surface area contributed by atoms with Crippen molar-refractivity contribution in [2.75, 3.05) is 32.1 Å². The molecule has 0 saturated carbocycles. The number of aliphatic hydroxyl groups is 1. The van der Waals surface area contributed by atoms with Gasteiger partial charge in [0.15, 0.2) is 0 Å². The molecule has 2 heterocycles. The number of hydrogen-bond acceptors (Lipinski definition) is 4. The molecule has 4 heteroatoms. The lowest BCUT2D eigenvalue weighted by molar-refractivity contribution is 0.188. The first-order valence-electron chi connectivity index (χ1n) is 6.60. The minimum absolute atomic E-state index is 0.199. The highest BCUT2D eigenvalue weighted by Gasteiger charge is 2.38. The van der Waals surface area contributed by atoms with Gasteiger partial charge in [0.2, 0.25) is 0 Å². The molecule has 1 aromatic carbocycles. The van der Waals surface area contributed by atoms with Gasteiger partial charge in [-0.05, 0) is 24.6 Å². The van der Waals surface area contributed by atoms with Crippen LogP contribution in [0.25, 0.3) is 0 Å². The lowest BCUT2D eigenvalue weighted by Gasteiger charge is -2.43. The summed E-state index contributed by atoms with van der Waals surface area (Å²) >= 11 is 0. The largest absolute Gasteiger partial charge is 0.495 e. The maximum Gasteiger partial charge on any atom is 0.142 e. The molecule has 2 aliphatic heterocycles. The first-order valence-corrected chi connectivity index (χ1v) is 6.60. The maximum atomic E-state index is 9.74. The first kappa shape index (κ1) is 11.8. The van der Waals surface area contributed by atoms with Crippen molar-refractivity contribution in [3.05, 3.63) is 23.8 Å². The lowest BCUT2D eigenvalue weighted by atomic mass is 9.75. The molecule has 0 aliphatic carbocycles. The molecule has 3 rings (SSSR count). The predicted molar refractivity (Wildman–Crippen MR) is 71.2 cm³/mol. The summed E-state index contributed by atoms with van der Waals surface area (Å²) in [5.74, 6) is 1.54. The molecule has 18 heavy (non-hydrogen) atoms. The Kier molecular flexibility index (Phi) is 3.14. The highest BCUT2D eigenvalue weighted by molar-refractivity contribution is 5.66. The van der Waals surface area contributed by atoms with Crippen molar-refractivity contribution in [3.63, 3.8) is 0 Å².